The second kappa shape index (κ2) is 1.07. The predicted molar refractivity (Wildman–Crippen MR) is 35.8 cm³/mol. The van der Waals surface area contributed by atoms with Gasteiger partial charge in [-0.1, -0.05) is 6.42 Å². The lowest BCUT2D eigenvalue weighted by atomic mass is 9.83. The summed E-state index contributed by atoms with van der Waals surface area (Å²) >= 11 is 0. The van der Waals surface area contributed by atoms with Gasteiger partial charge in [-0.25, -0.2) is 0 Å². The molecule has 0 aliphatic heterocycles. The Bertz CT molecular complexity index is 142. The molecule has 2 atom stereocenters. The van der Waals surface area contributed by atoms with Gasteiger partial charge >= 0.3 is 0 Å². The van der Waals surface area contributed by atoms with E-state index in [1.54, 1.807) is 0 Å². The number of hydrogen-bond donors (Lipinski definition) is 1. The van der Waals surface area contributed by atoms with E-state index in [-0.39, 0.29) is 0 Å². The quantitative estimate of drug-likeness (QED) is 0.553. The molecule has 0 heterocycles. The molecule has 1 nitrogen and oxygen atoms in total. The van der Waals surface area contributed by atoms with Gasteiger partial charge in [0.05, 0.1) is 0 Å². The SMILES string of the molecule is NCC12C3CCCC1C32. The molecular weight excluding hydrogens is 110 g/mol. The van der Waals surface area contributed by atoms with E-state index < -0.39 is 0 Å². The van der Waals surface area contributed by atoms with E-state index in [0.29, 0.717) is 0 Å². The molecule has 2 unspecified atom stereocenters. The van der Waals surface area contributed by atoms with Crippen molar-refractivity contribution in [1.82, 2.24) is 0 Å². The molecule has 1 heteroatoms. The van der Waals surface area contributed by atoms with Crippen molar-refractivity contribution in [2.75, 3.05) is 6.54 Å². The molecule has 3 aliphatic carbocycles. The van der Waals surface area contributed by atoms with Gasteiger partial charge in [-0.05, 0) is 42.6 Å². The lowest BCUT2D eigenvalue weighted by Crippen LogP contribution is -2.22. The molecule has 0 aromatic rings. The molecule has 0 aromatic carbocycles. The Labute approximate surface area is 55.6 Å². The van der Waals surface area contributed by atoms with Gasteiger partial charge in [-0.2, -0.15) is 0 Å². The van der Waals surface area contributed by atoms with Crippen molar-refractivity contribution in [3.8, 4) is 0 Å². The Morgan fingerprint density at radius 2 is 2.00 bits per heavy atom. The third-order valence-corrected chi connectivity index (χ3v) is 4.03. The maximum Gasteiger partial charge on any atom is -0.00121 e. The van der Waals surface area contributed by atoms with Gasteiger partial charge in [0.25, 0.3) is 0 Å². The van der Waals surface area contributed by atoms with Crippen molar-refractivity contribution < 1.29 is 0 Å². The van der Waals surface area contributed by atoms with Gasteiger partial charge < -0.3 is 5.73 Å². The van der Waals surface area contributed by atoms with Crippen LogP contribution in [0.1, 0.15) is 19.3 Å². The summed E-state index contributed by atoms with van der Waals surface area (Å²) in [5.74, 6) is 3.32. The highest BCUT2D eigenvalue weighted by molar-refractivity contribution is 5.33. The standard InChI is InChI=1S/C8H13N/c9-4-8-5-2-1-3-6(8)7(5)8/h5-7H,1-4,9H2. The summed E-state index contributed by atoms with van der Waals surface area (Å²) in [5, 5.41) is 0. The van der Waals surface area contributed by atoms with Crippen LogP contribution in [0.2, 0.25) is 0 Å². The molecule has 9 heavy (non-hydrogen) atoms. The molecule has 3 saturated carbocycles. The maximum atomic E-state index is 5.70. The Hall–Kier alpha value is -0.0400. The van der Waals surface area contributed by atoms with E-state index >= 15 is 0 Å². The van der Waals surface area contributed by atoms with Gasteiger partial charge in [-0.15, -0.1) is 0 Å². The van der Waals surface area contributed by atoms with E-state index in [2.05, 4.69) is 0 Å². The second-order valence-corrected chi connectivity index (χ2v) is 3.99. The Morgan fingerprint density at radius 3 is 2.33 bits per heavy atom. The average molecular weight is 123 g/mol. The third-order valence-electron chi connectivity index (χ3n) is 4.03. The fraction of sp³-hybridized carbons (Fsp3) is 1.00. The second-order valence-electron chi connectivity index (χ2n) is 3.99. The zero-order valence-corrected chi connectivity index (χ0v) is 5.64. The molecule has 0 saturated heterocycles. The van der Waals surface area contributed by atoms with Crippen LogP contribution in [-0.2, 0) is 0 Å². The maximum absolute atomic E-state index is 5.70. The Kier molecular flexibility index (Phi) is 0.563. The summed E-state index contributed by atoms with van der Waals surface area (Å²) in [6.45, 7) is 0.993. The minimum Gasteiger partial charge on any atom is -0.330 e. The summed E-state index contributed by atoms with van der Waals surface area (Å²) in [5.41, 5.74) is 6.45. The van der Waals surface area contributed by atoms with Gasteiger partial charge in [0.15, 0.2) is 0 Å². The summed E-state index contributed by atoms with van der Waals surface area (Å²) in [4.78, 5) is 0. The topological polar surface area (TPSA) is 26.0 Å². The van der Waals surface area contributed by atoms with Crippen LogP contribution >= 0.6 is 0 Å². The van der Waals surface area contributed by atoms with Gasteiger partial charge in [0, 0.05) is 0 Å². The first-order valence-corrected chi connectivity index (χ1v) is 4.11. The van der Waals surface area contributed by atoms with Crippen LogP contribution in [0.4, 0.5) is 0 Å². The van der Waals surface area contributed by atoms with Crippen LogP contribution < -0.4 is 5.73 Å². The minimum atomic E-state index is 0.748. The zero-order chi connectivity index (χ0) is 6.06. The van der Waals surface area contributed by atoms with Crippen LogP contribution in [-0.4, -0.2) is 6.54 Å². The third kappa shape index (κ3) is 0.295. The van der Waals surface area contributed by atoms with Crippen molar-refractivity contribution >= 4 is 0 Å². The fourth-order valence-electron chi connectivity index (χ4n) is 3.48. The highest BCUT2D eigenvalue weighted by Crippen LogP contribution is 2.88. The molecule has 2 N–H and O–H groups in total. The molecular formula is C8H13N. The lowest BCUT2D eigenvalue weighted by molar-refractivity contribution is 0.274. The van der Waals surface area contributed by atoms with Crippen LogP contribution in [0.5, 0.6) is 0 Å². The smallest absolute Gasteiger partial charge is 0.00121 e. The van der Waals surface area contributed by atoms with Crippen molar-refractivity contribution in [3.05, 3.63) is 0 Å². The number of fused-ring (bicyclic) bond motifs is 2. The molecule has 3 rings (SSSR count). The zero-order valence-electron chi connectivity index (χ0n) is 5.64. The molecule has 0 radical (unpaired) electrons. The van der Waals surface area contributed by atoms with Crippen molar-refractivity contribution in [2.45, 2.75) is 19.3 Å². The van der Waals surface area contributed by atoms with Crippen LogP contribution in [0.3, 0.4) is 0 Å². The van der Waals surface area contributed by atoms with Gasteiger partial charge in [0.2, 0.25) is 0 Å². The van der Waals surface area contributed by atoms with Gasteiger partial charge in [-0.3, -0.25) is 0 Å². The van der Waals surface area contributed by atoms with Crippen molar-refractivity contribution in [3.63, 3.8) is 0 Å². The van der Waals surface area contributed by atoms with E-state index in [1.165, 1.54) is 19.3 Å². The van der Waals surface area contributed by atoms with Crippen molar-refractivity contribution in [2.24, 2.45) is 28.9 Å². The highest BCUT2D eigenvalue weighted by atomic mass is 14.9. The summed E-state index contributed by atoms with van der Waals surface area (Å²) in [6, 6.07) is 0. The Morgan fingerprint density at radius 1 is 1.33 bits per heavy atom. The lowest BCUT2D eigenvalue weighted by Gasteiger charge is -2.23. The first-order chi connectivity index (χ1) is 4.41. The molecule has 0 aromatic heterocycles. The van der Waals surface area contributed by atoms with E-state index in [4.69, 9.17) is 5.73 Å². The predicted octanol–water partition coefficient (Wildman–Crippen LogP) is 0.991. The average Bonchev–Trinajstić information content (AvgIpc) is 2.76. The first kappa shape index (κ1) is 4.73. The fourth-order valence-corrected chi connectivity index (χ4v) is 3.48. The summed E-state index contributed by atoms with van der Waals surface area (Å²) in [7, 11) is 0. The molecule has 50 valence electrons. The van der Waals surface area contributed by atoms with Crippen LogP contribution in [0.15, 0.2) is 0 Å². The summed E-state index contributed by atoms with van der Waals surface area (Å²) in [6.07, 6.45) is 4.49. The summed E-state index contributed by atoms with van der Waals surface area (Å²) < 4.78 is 0. The number of nitrogens with two attached hydrogens (primary N) is 1. The van der Waals surface area contributed by atoms with Crippen LogP contribution in [0, 0.1) is 23.2 Å². The van der Waals surface area contributed by atoms with E-state index in [1.807, 2.05) is 0 Å². The molecule has 0 bridgehead atoms. The minimum absolute atomic E-state index is 0.748. The Balaban J connectivity index is 1.88. The van der Waals surface area contributed by atoms with E-state index in [9.17, 15) is 0 Å². The van der Waals surface area contributed by atoms with E-state index in [0.717, 1.165) is 29.7 Å². The molecule has 3 fully saturated rings. The normalized spacial score (nSPS) is 67.0. The highest BCUT2D eigenvalue weighted by Gasteiger charge is 2.85. The monoisotopic (exact) mass is 123 g/mol. The number of rotatable bonds is 1. The van der Waals surface area contributed by atoms with Gasteiger partial charge in [0.1, 0.15) is 0 Å². The molecule has 0 spiro atoms. The van der Waals surface area contributed by atoms with Crippen molar-refractivity contribution in [1.29, 1.82) is 0 Å². The number of hydrogen-bond acceptors (Lipinski definition) is 1. The largest absolute Gasteiger partial charge is 0.330 e. The molecule has 3 aliphatic rings. The first-order valence-electron chi connectivity index (χ1n) is 4.11. The molecule has 0 amide bonds. The van der Waals surface area contributed by atoms with Crippen LogP contribution in [0.25, 0.3) is 0 Å².